The predicted molar refractivity (Wildman–Crippen MR) is 129 cm³/mol. The second-order valence-electron chi connectivity index (χ2n) is 7.70. The molecule has 9 nitrogen and oxygen atoms in total. The standard InChI is InChI=1S/C25H18ClF3N2O7/c26-20-10-3-16(25(27,28)29)13-21(20)30-23(33)11-12-24(34)37-14-22(32)15-1-6-18(7-2-15)38-19-8-4-17(5-9-19)31(35)36/h1-10,13H,11-12,14H2,(H,30,33). The first-order chi connectivity index (χ1) is 17.9. The number of carbonyl (C=O) groups is 3. The van der Waals surface area contributed by atoms with E-state index < -0.39 is 53.8 Å². The van der Waals surface area contributed by atoms with Crippen molar-refractivity contribution < 1.29 is 42.0 Å². The lowest BCUT2D eigenvalue weighted by atomic mass is 10.1. The molecule has 0 bridgehead atoms. The number of halogens is 4. The van der Waals surface area contributed by atoms with Crippen LogP contribution in [0.3, 0.4) is 0 Å². The number of hydrogen-bond donors (Lipinski definition) is 1. The largest absolute Gasteiger partial charge is 0.457 e. The number of nitrogens with one attached hydrogen (secondary N) is 1. The first-order valence-corrected chi connectivity index (χ1v) is 11.2. The highest BCUT2D eigenvalue weighted by atomic mass is 35.5. The molecule has 198 valence electrons. The molecule has 3 aromatic carbocycles. The Morgan fingerprint density at radius 3 is 2.11 bits per heavy atom. The molecule has 38 heavy (non-hydrogen) atoms. The molecular formula is C25H18ClF3N2O7. The Labute approximate surface area is 218 Å². The van der Waals surface area contributed by atoms with Crippen LogP contribution in [0.1, 0.15) is 28.8 Å². The van der Waals surface area contributed by atoms with Crippen molar-refractivity contribution in [3.8, 4) is 11.5 Å². The molecule has 13 heteroatoms. The van der Waals surface area contributed by atoms with Crippen molar-refractivity contribution in [3.63, 3.8) is 0 Å². The first kappa shape index (κ1) is 28.1. The van der Waals surface area contributed by atoms with E-state index in [1.54, 1.807) is 0 Å². The van der Waals surface area contributed by atoms with Gasteiger partial charge in [0.15, 0.2) is 12.4 Å². The third-order valence-electron chi connectivity index (χ3n) is 4.95. The number of nitrogens with zero attached hydrogens (tertiary/aromatic N) is 1. The lowest BCUT2D eigenvalue weighted by molar-refractivity contribution is -0.384. The van der Waals surface area contributed by atoms with Gasteiger partial charge in [-0.05, 0) is 54.6 Å². The summed E-state index contributed by atoms with van der Waals surface area (Å²) in [4.78, 5) is 46.4. The molecule has 1 N–H and O–H groups in total. The predicted octanol–water partition coefficient (Wildman–Crippen LogP) is 6.20. The first-order valence-electron chi connectivity index (χ1n) is 10.8. The average Bonchev–Trinajstić information content (AvgIpc) is 2.87. The lowest BCUT2D eigenvalue weighted by Gasteiger charge is -2.11. The number of amides is 1. The van der Waals surface area contributed by atoms with Gasteiger partial charge in [-0.25, -0.2) is 0 Å². The van der Waals surface area contributed by atoms with Crippen LogP contribution in [-0.4, -0.2) is 29.2 Å². The van der Waals surface area contributed by atoms with Crippen molar-refractivity contribution >= 4 is 40.6 Å². The number of rotatable bonds is 10. The Kier molecular flexibility index (Phi) is 9.02. The van der Waals surface area contributed by atoms with E-state index in [-0.39, 0.29) is 22.0 Å². The second-order valence-corrected chi connectivity index (χ2v) is 8.11. The number of hydrogen-bond acceptors (Lipinski definition) is 7. The number of nitro groups is 1. The van der Waals surface area contributed by atoms with E-state index in [0.717, 1.165) is 12.1 Å². The maximum Gasteiger partial charge on any atom is 0.416 e. The summed E-state index contributed by atoms with van der Waals surface area (Å²) in [6.07, 6.45) is -5.45. The number of ketones is 1. The number of nitro benzene ring substituents is 1. The minimum atomic E-state index is -4.62. The van der Waals surface area contributed by atoms with Crippen molar-refractivity contribution in [1.82, 2.24) is 0 Å². The molecule has 0 unspecified atom stereocenters. The van der Waals surface area contributed by atoms with Crippen LogP contribution >= 0.6 is 11.6 Å². The maximum atomic E-state index is 12.8. The fraction of sp³-hybridized carbons (Fsp3) is 0.160. The van der Waals surface area contributed by atoms with Crippen LogP contribution < -0.4 is 10.1 Å². The summed E-state index contributed by atoms with van der Waals surface area (Å²) in [5.41, 5.74) is -1.13. The number of ether oxygens (including phenoxy) is 2. The summed E-state index contributed by atoms with van der Waals surface area (Å²) >= 11 is 5.82. The van der Waals surface area contributed by atoms with Gasteiger partial charge in [-0.2, -0.15) is 13.2 Å². The van der Waals surface area contributed by atoms with Gasteiger partial charge in [0.05, 0.1) is 27.6 Å². The summed E-state index contributed by atoms with van der Waals surface area (Å²) < 4.78 is 48.9. The number of non-ortho nitro benzene ring substituents is 1. The second kappa shape index (κ2) is 12.2. The van der Waals surface area contributed by atoms with Crippen molar-refractivity contribution in [1.29, 1.82) is 0 Å². The smallest absolute Gasteiger partial charge is 0.416 e. The molecule has 0 aromatic heterocycles. The molecule has 1 amide bonds. The normalized spacial score (nSPS) is 10.9. The van der Waals surface area contributed by atoms with E-state index in [9.17, 15) is 37.7 Å². The van der Waals surface area contributed by atoms with Crippen LogP contribution in [0.15, 0.2) is 66.7 Å². The zero-order chi connectivity index (χ0) is 27.9. The quantitative estimate of drug-likeness (QED) is 0.138. The van der Waals surface area contributed by atoms with E-state index in [4.69, 9.17) is 21.1 Å². The molecule has 0 aliphatic carbocycles. The van der Waals surface area contributed by atoms with Gasteiger partial charge in [-0.3, -0.25) is 24.5 Å². The van der Waals surface area contributed by atoms with Gasteiger partial charge < -0.3 is 14.8 Å². The van der Waals surface area contributed by atoms with Gasteiger partial charge in [0.1, 0.15) is 11.5 Å². The number of Topliss-reactive ketones (excluding diaryl/α,β-unsaturated/α-hetero) is 1. The number of alkyl halides is 3. The van der Waals surface area contributed by atoms with Crippen LogP contribution in [0.2, 0.25) is 5.02 Å². The molecular weight excluding hydrogens is 533 g/mol. The molecule has 0 spiro atoms. The summed E-state index contributed by atoms with van der Waals surface area (Å²) in [7, 11) is 0. The van der Waals surface area contributed by atoms with Crippen molar-refractivity contribution in [2.24, 2.45) is 0 Å². The molecule has 0 radical (unpaired) electrons. The Hall–Kier alpha value is -4.45. The van der Waals surface area contributed by atoms with Gasteiger partial charge in [-0.15, -0.1) is 0 Å². The molecule has 0 heterocycles. The van der Waals surface area contributed by atoms with Gasteiger partial charge in [-0.1, -0.05) is 11.6 Å². The van der Waals surface area contributed by atoms with Crippen LogP contribution in [0, 0.1) is 10.1 Å². The number of carbonyl (C=O) groups excluding carboxylic acids is 3. The van der Waals surface area contributed by atoms with Crippen molar-refractivity contribution in [2.75, 3.05) is 11.9 Å². The Bertz CT molecular complexity index is 1340. The van der Waals surface area contributed by atoms with Crippen LogP contribution in [0.5, 0.6) is 11.5 Å². The van der Waals surface area contributed by atoms with E-state index in [1.165, 1.54) is 48.5 Å². The molecule has 3 aromatic rings. The van der Waals surface area contributed by atoms with Crippen molar-refractivity contribution in [2.45, 2.75) is 19.0 Å². The van der Waals surface area contributed by atoms with E-state index in [0.29, 0.717) is 17.6 Å². The Morgan fingerprint density at radius 1 is 0.921 bits per heavy atom. The van der Waals surface area contributed by atoms with Crippen molar-refractivity contribution in [3.05, 3.63) is 93.0 Å². The number of benzene rings is 3. The third kappa shape index (κ3) is 8.03. The van der Waals surface area contributed by atoms with E-state index in [2.05, 4.69) is 5.32 Å². The Morgan fingerprint density at radius 2 is 1.53 bits per heavy atom. The highest BCUT2D eigenvalue weighted by molar-refractivity contribution is 6.33. The minimum absolute atomic E-state index is 0.0893. The van der Waals surface area contributed by atoms with E-state index >= 15 is 0 Å². The monoisotopic (exact) mass is 550 g/mol. The zero-order valence-corrected chi connectivity index (χ0v) is 20.0. The summed E-state index contributed by atoms with van der Waals surface area (Å²) in [6.45, 7) is -0.595. The molecule has 0 aliphatic rings. The summed E-state index contributed by atoms with van der Waals surface area (Å²) in [6, 6.07) is 13.7. The molecule has 0 atom stereocenters. The highest BCUT2D eigenvalue weighted by Crippen LogP contribution is 2.34. The average molecular weight is 551 g/mol. The highest BCUT2D eigenvalue weighted by Gasteiger charge is 2.31. The lowest BCUT2D eigenvalue weighted by Crippen LogP contribution is -2.18. The molecule has 0 saturated carbocycles. The van der Waals surface area contributed by atoms with Gasteiger partial charge in [0.2, 0.25) is 5.91 Å². The van der Waals surface area contributed by atoms with Crippen LogP contribution in [0.4, 0.5) is 24.5 Å². The summed E-state index contributed by atoms with van der Waals surface area (Å²) in [5.74, 6) is -1.44. The van der Waals surface area contributed by atoms with Crippen LogP contribution in [-0.2, 0) is 20.5 Å². The van der Waals surface area contributed by atoms with Crippen LogP contribution in [0.25, 0.3) is 0 Å². The number of esters is 1. The minimum Gasteiger partial charge on any atom is -0.457 e. The number of anilines is 1. The topological polar surface area (TPSA) is 125 Å². The zero-order valence-electron chi connectivity index (χ0n) is 19.3. The maximum absolute atomic E-state index is 12.8. The Balaban J connectivity index is 1.44. The SMILES string of the molecule is O=C(CCC(=O)OCC(=O)c1ccc(Oc2ccc([N+](=O)[O-])cc2)cc1)Nc1cc(C(F)(F)F)ccc1Cl. The fourth-order valence-corrected chi connectivity index (χ4v) is 3.17. The molecule has 0 aliphatic heterocycles. The molecule has 0 fully saturated rings. The molecule has 3 rings (SSSR count). The fourth-order valence-electron chi connectivity index (χ4n) is 3.01. The summed E-state index contributed by atoms with van der Waals surface area (Å²) in [5, 5.41) is 12.8. The third-order valence-corrected chi connectivity index (χ3v) is 5.28. The van der Waals surface area contributed by atoms with Gasteiger partial charge in [0.25, 0.3) is 5.69 Å². The van der Waals surface area contributed by atoms with Gasteiger partial charge in [0, 0.05) is 24.1 Å². The van der Waals surface area contributed by atoms with E-state index in [1.807, 2.05) is 0 Å². The van der Waals surface area contributed by atoms with Gasteiger partial charge >= 0.3 is 12.1 Å². The molecule has 0 saturated heterocycles.